The van der Waals surface area contributed by atoms with Crippen molar-refractivity contribution >= 4 is 0 Å². The lowest BCUT2D eigenvalue weighted by molar-refractivity contribution is -0.199. The fourth-order valence-electron chi connectivity index (χ4n) is 2.79. The molecule has 2 aliphatic rings. The second-order valence-electron chi connectivity index (χ2n) is 4.70. The van der Waals surface area contributed by atoms with Crippen molar-refractivity contribution in [3.63, 3.8) is 0 Å². The Hall–Kier alpha value is -0.720. The molecular weight excluding hydrogens is 250 g/mol. The number of allylic oxidation sites excluding steroid dienone is 1. The molecule has 2 saturated carbocycles. The molecule has 6 unspecified atom stereocenters. The highest BCUT2D eigenvalue weighted by Crippen LogP contribution is 2.67. The van der Waals surface area contributed by atoms with Gasteiger partial charge in [-0.25, -0.2) is 26.3 Å². The fraction of sp³-hybridized carbons (Fsp3) is 0.800. The van der Waals surface area contributed by atoms with Crippen LogP contribution in [0.5, 0.6) is 0 Å². The van der Waals surface area contributed by atoms with Gasteiger partial charge in [0, 0.05) is 5.57 Å². The van der Waals surface area contributed by atoms with Crippen molar-refractivity contribution in [2.45, 2.75) is 49.6 Å². The van der Waals surface area contributed by atoms with Gasteiger partial charge in [0.15, 0.2) is 18.5 Å². The molecule has 0 heterocycles. The van der Waals surface area contributed by atoms with Crippen LogP contribution < -0.4 is 0 Å². The van der Waals surface area contributed by atoms with E-state index in [1.54, 1.807) is 0 Å². The van der Waals surface area contributed by atoms with E-state index in [1.165, 1.54) is 0 Å². The van der Waals surface area contributed by atoms with Gasteiger partial charge in [-0.1, -0.05) is 5.57 Å². The van der Waals surface area contributed by atoms with Crippen molar-refractivity contribution in [2.24, 2.45) is 0 Å². The molecule has 2 bridgehead atoms. The highest BCUT2D eigenvalue weighted by atomic mass is 19.2. The van der Waals surface area contributed by atoms with Gasteiger partial charge < -0.3 is 5.11 Å². The molecular formula is C10H10F6O. The molecule has 98 valence electrons. The summed E-state index contributed by atoms with van der Waals surface area (Å²) in [5.74, 6) is -4.18. The summed E-state index contributed by atoms with van der Waals surface area (Å²) >= 11 is 0. The molecule has 2 fully saturated rings. The summed E-state index contributed by atoms with van der Waals surface area (Å²) < 4.78 is 81.7. The van der Waals surface area contributed by atoms with Crippen LogP contribution in [0.4, 0.5) is 26.3 Å². The first-order chi connectivity index (χ1) is 7.54. The Morgan fingerprint density at radius 2 is 1.53 bits per heavy atom. The first-order valence-electron chi connectivity index (χ1n) is 4.93. The first kappa shape index (κ1) is 12.7. The molecule has 1 nitrogen and oxygen atoms in total. The zero-order chi connectivity index (χ0) is 13.4. The summed E-state index contributed by atoms with van der Waals surface area (Å²) in [7, 11) is 0. The van der Waals surface area contributed by atoms with E-state index < -0.39 is 41.3 Å². The molecule has 17 heavy (non-hydrogen) atoms. The highest BCUT2D eigenvalue weighted by molar-refractivity contribution is 5.50. The molecule has 1 N–H and O–H groups in total. The molecule has 6 atom stereocenters. The van der Waals surface area contributed by atoms with E-state index in [0.29, 0.717) is 0 Å². The van der Waals surface area contributed by atoms with E-state index in [1.807, 2.05) is 0 Å². The molecule has 7 heteroatoms. The van der Waals surface area contributed by atoms with Crippen LogP contribution in [0.1, 0.15) is 13.8 Å². The van der Waals surface area contributed by atoms with Crippen molar-refractivity contribution in [3.8, 4) is 0 Å². The summed E-state index contributed by atoms with van der Waals surface area (Å²) in [6.07, 6.45) is -9.98. The van der Waals surface area contributed by atoms with Gasteiger partial charge in [0.05, 0.1) is 0 Å². The lowest BCUT2D eigenvalue weighted by Crippen LogP contribution is -2.58. The molecule has 0 spiro atoms. The Bertz CT molecular complexity index is 404. The molecule has 2 rings (SSSR count). The second kappa shape index (κ2) is 2.99. The zero-order valence-electron chi connectivity index (χ0n) is 8.95. The fourth-order valence-corrected chi connectivity index (χ4v) is 2.79. The number of rotatable bonds is 0. The monoisotopic (exact) mass is 260 g/mol. The van der Waals surface area contributed by atoms with E-state index in [4.69, 9.17) is 0 Å². The summed E-state index contributed by atoms with van der Waals surface area (Å²) in [5.41, 5.74) is -9.75. The minimum Gasteiger partial charge on any atom is -0.356 e. The maximum atomic E-state index is 14.1. The first-order valence-corrected chi connectivity index (χ1v) is 4.93. The van der Waals surface area contributed by atoms with E-state index in [0.717, 1.165) is 13.8 Å². The third kappa shape index (κ3) is 0.986. The third-order valence-corrected chi connectivity index (χ3v) is 3.52. The molecule has 0 aromatic carbocycles. The summed E-state index contributed by atoms with van der Waals surface area (Å²) in [5, 5.41) is 9.21. The van der Waals surface area contributed by atoms with Gasteiger partial charge in [0.1, 0.15) is 0 Å². The Morgan fingerprint density at radius 1 is 1.06 bits per heavy atom. The molecule has 0 amide bonds. The van der Waals surface area contributed by atoms with Crippen molar-refractivity contribution in [1.29, 1.82) is 0 Å². The number of hydrogen-bond donors (Lipinski definition) is 1. The molecule has 0 aromatic heterocycles. The highest BCUT2D eigenvalue weighted by Gasteiger charge is 2.90. The van der Waals surface area contributed by atoms with E-state index in [-0.39, 0.29) is 5.57 Å². The Morgan fingerprint density at radius 3 is 1.88 bits per heavy atom. The number of fused-ring (bicyclic) bond motifs is 2. The standard InChI is InChI=1S/C10H10F6O/c1-3(2)4-8(14)5(11)6(12)9(15,7(8)13)10(4,16)17/h5-7,17H,1-2H3. The number of hydrogen-bond acceptors (Lipinski definition) is 1. The molecule has 0 saturated heterocycles. The van der Waals surface area contributed by atoms with Gasteiger partial charge in [0.25, 0.3) is 5.85 Å². The number of aliphatic hydroxyl groups is 1. The van der Waals surface area contributed by atoms with Crippen LogP contribution in [-0.2, 0) is 0 Å². The van der Waals surface area contributed by atoms with E-state index in [9.17, 15) is 31.4 Å². The normalized spacial score (nSPS) is 57.7. The van der Waals surface area contributed by atoms with Gasteiger partial charge in [-0.05, 0) is 13.8 Å². The van der Waals surface area contributed by atoms with E-state index in [2.05, 4.69) is 0 Å². The smallest absolute Gasteiger partial charge is 0.273 e. The molecule has 0 radical (unpaired) electrons. The van der Waals surface area contributed by atoms with Crippen LogP contribution in [0.15, 0.2) is 11.1 Å². The molecule has 0 aromatic rings. The molecule has 0 aliphatic heterocycles. The van der Waals surface area contributed by atoms with Gasteiger partial charge in [0.2, 0.25) is 11.3 Å². The Kier molecular flexibility index (Phi) is 2.24. The van der Waals surface area contributed by atoms with Crippen LogP contribution >= 0.6 is 0 Å². The van der Waals surface area contributed by atoms with Crippen molar-refractivity contribution < 1.29 is 31.4 Å². The maximum absolute atomic E-state index is 14.1. The Balaban J connectivity index is 2.77. The van der Waals surface area contributed by atoms with Crippen LogP contribution in [0.2, 0.25) is 0 Å². The third-order valence-electron chi connectivity index (χ3n) is 3.52. The average molecular weight is 260 g/mol. The van der Waals surface area contributed by atoms with Crippen molar-refractivity contribution in [1.82, 2.24) is 0 Å². The minimum atomic E-state index is -4.24. The minimum absolute atomic E-state index is 0.325. The zero-order valence-corrected chi connectivity index (χ0v) is 8.95. The van der Waals surface area contributed by atoms with Gasteiger partial charge in [-0.15, -0.1) is 0 Å². The summed E-state index contributed by atoms with van der Waals surface area (Å²) in [4.78, 5) is 0. The van der Waals surface area contributed by atoms with Crippen LogP contribution in [-0.4, -0.2) is 40.8 Å². The van der Waals surface area contributed by atoms with Crippen LogP contribution in [0.25, 0.3) is 0 Å². The SMILES string of the molecule is CC(C)=C1C2(F)C(F)C(F)C(F)(C2F)C1(O)F. The summed E-state index contributed by atoms with van der Waals surface area (Å²) in [6, 6.07) is 0. The van der Waals surface area contributed by atoms with Crippen LogP contribution in [0, 0.1) is 0 Å². The van der Waals surface area contributed by atoms with Crippen LogP contribution in [0.3, 0.4) is 0 Å². The Labute approximate surface area is 93.1 Å². The van der Waals surface area contributed by atoms with Gasteiger partial charge >= 0.3 is 0 Å². The average Bonchev–Trinajstić information content (AvgIpc) is 2.40. The molecule has 2 aliphatic carbocycles. The largest absolute Gasteiger partial charge is 0.356 e. The van der Waals surface area contributed by atoms with Crippen molar-refractivity contribution in [2.75, 3.05) is 0 Å². The van der Waals surface area contributed by atoms with Crippen molar-refractivity contribution in [3.05, 3.63) is 11.1 Å². The number of alkyl halides is 6. The quantitative estimate of drug-likeness (QED) is 0.524. The predicted octanol–water partition coefficient (Wildman–Crippen LogP) is 2.44. The number of halogens is 6. The van der Waals surface area contributed by atoms with Gasteiger partial charge in [-0.3, -0.25) is 0 Å². The summed E-state index contributed by atoms with van der Waals surface area (Å²) in [6.45, 7) is 2.11. The predicted molar refractivity (Wildman–Crippen MR) is 46.8 cm³/mol. The lowest BCUT2D eigenvalue weighted by Gasteiger charge is -2.36. The van der Waals surface area contributed by atoms with E-state index >= 15 is 0 Å². The lowest BCUT2D eigenvalue weighted by atomic mass is 9.82. The maximum Gasteiger partial charge on any atom is 0.273 e. The van der Waals surface area contributed by atoms with Gasteiger partial charge in [-0.2, -0.15) is 0 Å². The topological polar surface area (TPSA) is 20.2 Å². The second-order valence-corrected chi connectivity index (χ2v) is 4.70.